The molecular weight excluding hydrogens is 779 g/mol. The summed E-state index contributed by atoms with van der Waals surface area (Å²) in [5.41, 5.74) is 5.78. The molecule has 0 amide bonds. The van der Waals surface area contributed by atoms with Crippen molar-refractivity contribution in [3.8, 4) is 57.1 Å². The van der Waals surface area contributed by atoms with E-state index in [0.717, 1.165) is 43.8 Å². The van der Waals surface area contributed by atoms with Crippen LogP contribution in [0.4, 0.5) is 0 Å². The number of hydrogen-bond acceptors (Lipinski definition) is 8. The smallest absolute Gasteiger partial charge is 0.157 e. The van der Waals surface area contributed by atoms with Crippen LogP contribution in [0, 0.1) is 0 Å². The number of aromatic hydroxyl groups is 2. The number of phenolic OH excluding ortho intramolecular Hbond substituents is 2. The number of fused-ring (bicyclic) bond motifs is 20. The van der Waals surface area contributed by atoms with Gasteiger partial charge in [0.1, 0.15) is 0 Å². The minimum Gasteiger partial charge on any atom is -0.504 e. The molecule has 0 saturated carbocycles. The molecule has 0 atom stereocenters. The molecule has 3 aromatic heterocycles. The topological polar surface area (TPSA) is 146 Å². The van der Waals surface area contributed by atoms with Crippen molar-refractivity contribution in [1.82, 2.24) is 39.9 Å². The molecule has 10 nitrogen and oxygen atoms in total. The van der Waals surface area contributed by atoms with Gasteiger partial charge in [-0.1, -0.05) is 109 Å². The van der Waals surface area contributed by atoms with E-state index in [4.69, 9.17) is 50.1 Å². The molecule has 0 spiro atoms. The van der Waals surface area contributed by atoms with Gasteiger partial charge >= 0.3 is 0 Å². The van der Waals surface area contributed by atoms with Crippen molar-refractivity contribution in [2.75, 3.05) is 0 Å². The van der Waals surface area contributed by atoms with Gasteiger partial charge in [-0.05, 0) is 33.7 Å². The number of phenols is 2. The Hall–Kier alpha value is -6.07. The number of hydrogen-bond donors (Lipinski definition) is 2. The molecule has 0 aliphatic carbocycles. The summed E-state index contributed by atoms with van der Waals surface area (Å²) in [5.74, 6) is 2.06. The number of rotatable bonds is 0. The summed E-state index contributed by atoms with van der Waals surface area (Å²) >= 11 is 0. The predicted octanol–water partition coefficient (Wildman–Crippen LogP) is 7.22. The van der Waals surface area contributed by atoms with Crippen LogP contribution >= 0.6 is 0 Å². The maximum Gasteiger partial charge on any atom is 0.157 e. The van der Waals surface area contributed by atoms with E-state index in [-0.39, 0.29) is 37.3 Å². The Morgan fingerprint density at radius 3 is 0.837 bits per heavy atom. The molecule has 8 bridgehead atoms. The van der Waals surface area contributed by atoms with Gasteiger partial charge in [0.15, 0.2) is 11.5 Å². The first kappa shape index (κ1) is 30.3. The molecule has 0 unspecified atom stereocenters. The molecule has 11 heteroatoms. The Kier molecular flexibility index (Phi) is 7.53. The van der Waals surface area contributed by atoms with E-state index in [1.807, 2.05) is 97.1 Å². The van der Waals surface area contributed by atoms with Crippen LogP contribution in [0.1, 0.15) is 0 Å². The molecule has 232 valence electrons. The Balaban J connectivity index is 0.000000344. The third-order valence-electron chi connectivity index (χ3n) is 8.21. The molecule has 2 aliphatic heterocycles. The molecule has 0 saturated heterocycles. The Morgan fingerprint density at radius 1 is 0.327 bits per heavy atom. The summed E-state index contributed by atoms with van der Waals surface area (Å²) in [5, 5.41) is 20.9. The maximum absolute atomic E-state index is 8.67. The average Bonchev–Trinajstić information content (AvgIpc) is 3.86. The van der Waals surface area contributed by atoms with Gasteiger partial charge in [0, 0.05) is 70.7 Å². The third kappa shape index (κ3) is 5.24. The van der Waals surface area contributed by atoms with Crippen LogP contribution in [0.25, 0.3) is 89.7 Å². The van der Waals surface area contributed by atoms with Crippen molar-refractivity contribution < 1.29 is 36.1 Å². The largest absolute Gasteiger partial charge is 0.504 e. The monoisotopic (exact) mass is 802 g/mol. The second-order valence-corrected chi connectivity index (χ2v) is 11.2. The van der Waals surface area contributed by atoms with Crippen molar-refractivity contribution in [2.45, 2.75) is 0 Å². The first-order valence-corrected chi connectivity index (χ1v) is 15.2. The molecule has 2 N–H and O–H groups in total. The van der Waals surface area contributed by atoms with E-state index in [2.05, 4.69) is 0 Å². The number of para-hydroxylation sites is 2. The fraction of sp³-hybridized carbons (Fsp3) is 0. The summed E-state index contributed by atoms with van der Waals surface area (Å²) in [4.78, 5) is 39.3. The van der Waals surface area contributed by atoms with Gasteiger partial charge in [-0.25, -0.2) is 9.97 Å². The van der Waals surface area contributed by atoms with Crippen LogP contribution in [0.2, 0.25) is 0 Å². The van der Waals surface area contributed by atoms with Gasteiger partial charge in [0.25, 0.3) is 0 Å². The van der Waals surface area contributed by atoms with E-state index in [9.17, 15) is 0 Å². The summed E-state index contributed by atoms with van der Waals surface area (Å²) < 4.78 is 0. The number of benzene rings is 5. The second-order valence-electron chi connectivity index (χ2n) is 11.2. The first-order chi connectivity index (χ1) is 23.6. The first-order valence-electron chi connectivity index (χ1n) is 15.2. The van der Waals surface area contributed by atoms with Crippen molar-refractivity contribution in [3.05, 3.63) is 121 Å². The van der Waals surface area contributed by atoms with Crippen LogP contribution < -0.4 is 9.97 Å². The van der Waals surface area contributed by atoms with Gasteiger partial charge in [-0.15, -0.1) is 0 Å². The Morgan fingerprint density at radius 2 is 0.571 bits per heavy atom. The van der Waals surface area contributed by atoms with Crippen LogP contribution in [0.5, 0.6) is 11.5 Å². The summed E-state index contributed by atoms with van der Waals surface area (Å²) in [6.45, 7) is 0. The van der Waals surface area contributed by atoms with E-state index < -0.39 is 0 Å². The molecule has 10 rings (SSSR count). The average molecular weight is 801 g/mol. The van der Waals surface area contributed by atoms with Gasteiger partial charge in [-0.2, -0.15) is 0 Å². The van der Waals surface area contributed by atoms with Crippen LogP contribution in [-0.4, -0.2) is 40.1 Å². The fourth-order valence-electron chi connectivity index (χ4n) is 5.92. The van der Waals surface area contributed by atoms with Gasteiger partial charge in [0.05, 0.1) is 23.3 Å². The summed E-state index contributed by atoms with van der Waals surface area (Å²) in [7, 11) is 0. The predicted molar refractivity (Wildman–Crippen MR) is 184 cm³/mol. The van der Waals surface area contributed by atoms with Crippen molar-refractivity contribution in [2.24, 2.45) is 0 Å². The minimum atomic E-state index is -0.0764. The Bertz CT molecular complexity index is 2400. The zero-order valence-corrected chi connectivity index (χ0v) is 29.1. The van der Waals surface area contributed by atoms with E-state index >= 15 is 0 Å². The second kappa shape index (κ2) is 12.2. The van der Waals surface area contributed by atoms with Crippen molar-refractivity contribution in [1.29, 1.82) is 0 Å². The van der Waals surface area contributed by atoms with Crippen molar-refractivity contribution >= 4 is 44.1 Å². The molecule has 2 aliphatic rings. The van der Waals surface area contributed by atoms with Crippen LogP contribution in [0.3, 0.4) is 0 Å². The normalized spacial score (nSPS) is 11.3. The molecule has 8 aromatic rings. The summed E-state index contributed by atoms with van der Waals surface area (Å²) in [6.07, 6.45) is 0. The zero-order chi connectivity index (χ0) is 32.2. The third-order valence-corrected chi connectivity index (χ3v) is 8.21. The van der Waals surface area contributed by atoms with E-state index in [0.29, 0.717) is 45.9 Å². The zero-order valence-electron chi connectivity index (χ0n) is 25.5. The number of nitrogens with zero attached hydrogens (tertiary/aromatic N) is 8. The van der Waals surface area contributed by atoms with E-state index in [1.54, 1.807) is 12.1 Å². The Labute approximate surface area is 297 Å². The molecular formula is C38H22HfN8O2-2. The fourth-order valence-corrected chi connectivity index (χ4v) is 5.92. The van der Waals surface area contributed by atoms with Gasteiger partial charge < -0.3 is 40.1 Å². The quantitative estimate of drug-likeness (QED) is 0.119. The van der Waals surface area contributed by atoms with Crippen LogP contribution in [-0.2, 0) is 25.8 Å². The van der Waals surface area contributed by atoms with E-state index in [1.165, 1.54) is 12.1 Å². The molecule has 5 heterocycles. The minimum absolute atomic E-state index is 0. The molecule has 5 aromatic carbocycles. The molecule has 0 fully saturated rings. The van der Waals surface area contributed by atoms with Crippen molar-refractivity contribution in [3.63, 3.8) is 0 Å². The maximum atomic E-state index is 8.67. The SMILES string of the molecule is Oc1ccccc1O.[Hf].c1ccc2c(c1)-c1nc-2nc2[n-]c(nc3nc(nc4[n-]c(n1)c1ccccc41)-c1ccccc1-3)c1ccccc21. The molecule has 0 radical (unpaired) electrons. The van der Waals surface area contributed by atoms with Gasteiger partial charge in [-0.3, -0.25) is 0 Å². The van der Waals surface area contributed by atoms with Gasteiger partial charge in [0.2, 0.25) is 0 Å². The standard InChI is InChI=1S/C32H16N8.C6H6O2.Hf/c1-2-10-18-17(9-1)25-33-26(18)38-28-21-13-5-6-14-22(21)30(35-28)40-32-24-16-8-7-15-23(24)31(36-32)39-29-20-12-4-3-11-19(20)27(34-29)37-25;7-5-3-1-2-4-6(5)8;/h1-16H;1-4,7-8H;/q-2;;. The van der Waals surface area contributed by atoms with Crippen LogP contribution in [0.15, 0.2) is 121 Å². The molecule has 49 heavy (non-hydrogen) atoms. The summed E-state index contributed by atoms with van der Waals surface area (Å²) in [6, 6.07) is 38.0. The number of aromatic nitrogens is 8.